The normalized spacial score (nSPS) is 15.8. The van der Waals surface area contributed by atoms with E-state index in [-0.39, 0.29) is 30.3 Å². The van der Waals surface area contributed by atoms with Crippen molar-refractivity contribution < 1.29 is 24.2 Å². The lowest BCUT2D eigenvalue weighted by atomic mass is 10.1. The molecular formula is C19H18N2O5. The van der Waals surface area contributed by atoms with E-state index in [1.54, 1.807) is 37.3 Å². The van der Waals surface area contributed by atoms with E-state index >= 15 is 0 Å². The van der Waals surface area contributed by atoms with Gasteiger partial charge in [0.05, 0.1) is 11.3 Å². The number of anilines is 2. The lowest BCUT2D eigenvalue weighted by molar-refractivity contribution is -0.125. The molecule has 0 spiro atoms. The van der Waals surface area contributed by atoms with Crippen molar-refractivity contribution >= 4 is 29.2 Å². The van der Waals surface area contributed by atoms with Crippen LogP contribution < -0.4 is 15.0 Å². The number of fused-ring (bicyclic) bond motifs is 1. The van der Waals surface area contributed by atoms with Crippen LogP contribution in [0.4, 0.5) is 11.4 Å². The maximum Gasteiger partial charge on any atom is 0.335 e. The predicted octanol–water partition coefficient (Wildman–Crippen LogP) is 2.53. The second-order valence-corrected chi connectivity index (χ2v) is 5.90. The highest BCUT2D eigenvalue weighted by Gasteiger charge is 2.31. The molecule has 1 aliphatic heterocycles. The first-order chi connectivity index (χ1) is 12.5. The van der Waals surface area contributed by atoms with Crippen LogP contribution in [0.5, 0.6) is 5.75 Å². The summed E-state index contributed by atoms with van der Waals surface area (Å²) in [5.41, 5.74) is 1.13. The number of rotatable bonds is 5. The van der Waals surface area contributed by atoms with Crippen molar-refractivity contribution in [3.63, 3.8) is 0 Å². The molecule has 0 aliphatic carbocycles. The molecule has 7 nitrogen and oxygen atoms in total. The van der Waals surface area contributed by atoms with Crippen LogP contribution in [0.3, 0.4) is 0 Å². The molecule has 134 valence electrons. The Balaban J connectivity index is 1.67. The molecule has 0 saturated heterocycles. The number of nitrogens with one attached hydrogen (secondary N) is 1. The van der Waals surface area contributed by atoms with Crippen LogP contribution >= 0.6 is 0 Å². The van der Waals surface area contributed by atoms with E-state index in [0.29, 0.717) is 17.1 Å². The molecule has 7 heteroatoms. The molecule has 1 heterocycles. The lowest BCUT2D eigenvalue weighted by Gasteiger charge is -2.32. The molecule has 0 saturated carbocycles. The van der Waals surface area contributed by atoms with Crippen molar-refractivity contribution in [2.75, 3.05) is 16.8 Å². The van der Waals surface area contributed by atoms with Crippen LogP contribution in [0, 0.1) is 0 Å². The monoisotopic (exact) mass is 354 g/mol. The van der Waals surface area contributed by atoms with Crippen LogP contribution in [-0.4, -0.2) is 35.5 Å². The van der Waals surface area contributed by atoms with Gasteiger partial charge in [-0.3, -0.25) is 9.59 Å². The number of hydrogen-bond acceptors (Lipinski definition) is 4. The van der Waals surface area contributed by atoms with Crippen molar-refractivity contribution in [3.8, 4) is 5.75 Å². The third-order valence-corrected chi connectivity index (χ3v) is 4.03. The van der Waals surface area contributed by atoms with Gasteiger partial charge in [0, 0.05) is 18.7 Å². The molecule has 0 aromatic heterocycles. The highest BCUT2D eigenvalue weighted by Crippen LogP contribution is 2.33. The average molecular weight is 354 g/mol. The molecule has 0 bridgehead atoms. The minimum absolute atomic E-state index is 0.0735. The van der Waals surface area contributed by atoms with Crippen molar-refractivity contribution in [3.05, 3.63) is 54.1 Å². The van der Waals surface area contributed by atoms with Gasteiger partial charge < -0.3 is 20.1 Å². The Labute approximate surface area is 150 Å². The summed E-state index contributed by atoms with van der Waals surface area (Å²) in [5.74, 6) is -0.971. The summed E-state index contributed by atoms with van der Waals surface area (Å²) in [4.78, 5) is 37.1. The van der Waals surface area contributed by atoms with Gasteiger partial charge in [0.1, 0.15) is 5.75 Å². The third-order valence-electron chi connectivity index (χ3n) is 4.03. The van der Waals surface area contributed by atoms with E-state index in [1.165, 1.54) is 17.0 Å². The molecule has 1 unspecified atom stereocenters. The van der Waals surface area contributed by atoms with Crippen LogP contribution in [-0.2, 0) is 9.59 Å². The fraction of sp³-hybridized carbons (Fsp3) is 0.211. The Morgan fingerprint density at radius 3 is 2.73 bits per heavy atom. The number of amides is 2. The van der Waals surface area contributed by atoms with Gasteiger partial charge in [-0.15, -0.1) is 0 Å². The Hall–Kier alpha value is -3.35. The maximum atomic E-state index is 12.4. The maximum absolute atomic E-state index is 12.4. The summed E-state index contributed by atoms with van der Waals surface area (Å²) in [6, 6.07) is 13.2. The summed E-state index contributed by atoms with van der Waals surface area (Å²) >= 11 is 0. The molecular weight excluding hydrogens is 336 g/mol. The highest BCUT2D eigenvalue weighted by molar-refractivity contribution is 6.01. The largest absolute Gasteiger partial charge is 0.479 e. The van der Waals surface area contributed by atoms with Gasteiger partial charge in [0.15, 0.2) is 6.10 Å². The zero-order chi connectivity index (χ0) is 18.7. The third kappa shape index (κ3) is 3.66. The minimum atomic E-state index is -1.06. The quantitative estimate of drug-likeness (QED) is 0.860. The van der Waals surface area contributed by atoms with Gasteiger partial charge in [-0.05, 0) is 37.3 Å². The second-order valence-electron chi connectivity index (χ2n) is 5.90. The topological polar surface area (TPSA) is 95.9 Å². The lowest BCUT2D eigenvalue weighted by Crippen LogP contribution is -2.45. The van der Waals surface area contributed by atoms with Gasteiger partial charge in [-0.2, -0.15) is 0 Å². The number of carboxylic acids is 1. The number of para-hydroxylation sites is 2. The number of hydrogen-bond donors (Lipinski definition) is 2. The van der Waals surface area contributed by atoms with E-state index in [9.17, 15) is 14.4 Å². The van der Waals surface area contributed by atoms with Crippen molar-refractivity contribution in [1.82, 2.24) is 0 Å². The predicted molar refractivity (Wildman–Crippen MR) is 95.5 cm³/mol. The van der Waals surface area contributed by atoms with E-state index in [0.717, 1.165) is 0 Å². The summed E-state index contributed by atoms with van der Waals surface area (Å²) in [6.07, 6.45) is -0.537. The number of ether oxygens (including phenoxy) is 1. The number of nitrogens with zero attached hydrogens (tertiary/aromatic N) is 1. The van der Waals surface area contributed by atoms with Gasteiger partial charge in [0.25, 0.3) is 5.91 Å². The van der Waals surface area contributed by atoms with Gasteiger partial charge >= 0.3 is 5.97 Å². The van der Waals surface area contributed by atoms with Crippen molar-refractivity contribution in [1.29, 1.82) is 0 Å². The van der Waals surface area contributed by atoms with E-state index < -0.39 is 12.1 Å². The number of aromatic carboxylic acids is 1. The van der Waals surface area contributed by atoms with Crippen molar-refractivity contribution in [2.24, 2.45) is 0 Å². The Bertz CT molecular complexity index is 865. The summed E-state index contributed by atoms with van der Waals surface area (Å²) < 4.78 is 5.56. The fourth-order valence-corrected chi connectivity index (χ4v) is 2.76. The summed E-state index contributed by atoms with van der Waals surface area (Å²) in [5, 5.41) is 11.7. The molecule has 0 radical (unpaired) electrons. The summed E-state index contributed by atoms with van der Waals surface area (Å²) in [7, 11) is 0. The summed E-state index contributed by atoms with van der Waals surface area (Å²) in [6.45, 7) is 1.87. The standard InChI is InChI=1S/C19H18N2O5/c1-12-18(23)21(15-7-2-3-8-16(15)26-12)10-9-17(22)20-14-6-4-5-13(11-14)19(24)25/h2-8,11-12H,9-10H2,1H3,(H,20,22)(H,24,25). The van der Waals surface area contributed by atoms with E-state index in [1.807, 2.05) is 6.07 Å². The van der Waals surface area contributed by atoms with Crippen LogP contribution in [0.1, 0.15) is 23.7 Å². The molecule has 2 aromatic carbocycles. The van der Waals surface area contributed by atoms with Crippen LogP contribution in [0.2, 0.25) is 0 Å². The first kappa shape index (κ1) is 17.5. The first-order valence-electron chi connectivity index (χ1n) is 8.16. The Kier molecular flexibility index (Phi) is 4.88. The van der Waals surface area contributed by atoms with E-state index in [4.69, 9.17) is 9.84 Å². The molecule has 3 rings (SSSR count). The number of benzene rings is 2. The molecule has 2 amide bonds. The number of carbonyl (C=O) groups excluding carboxylic acids is 2. The fourth-order valence-electron chi connectivity index (χ4n) is 2.76. The Morgan fingerprint density at radius 1 is 1.19 bits per heavy atom. The van der Waals surface area contributed by atoms with Crippen LogP contribution in [0.25, 0.3) is 0 Å². The SMILES string of the molecule is CC1Oc2ccccc2N(CCC(=O)Nc2cccc(C(=O)O)c2)C1=O. The van der Waals surface area contributed by atoms with Gasteiger partial charge in [0.2, 0.25) is 5.91 Å². The minimum Gasteiger partial charge on any atom is -0.479 e. The van der Waals surface area contributed by atoms with Crippen molar-refractivity contribution in [2.45, 2.75) is 19.4 Å². The Morgan fingerprint density at radius 2 is 1.96 bits per heavy atom. The zero-order valence-corrected chi connectivity index (χ0v) is 14.1. The van der Waals surface area contributed by atoms with Gasteiger partial charge in [-0.1, -0.05) is 18.2 Å². The molecule has 1 aliphatic rings. The first-order valence-corrected chi connectivity index (χ1v) is 8.16. The highest BCUT2D eigenvalue weighted by atomic mass is 16.5. The molecule has 26 heavy (non-hydrogen) atoms. The molecule has 0 fully saturated rings. The van der Waals surface area contributed by atoms with E-state index in [2.05, 4.69) is 5.32 Å². The van der Waals surface area contributed by atoms with Gasteiger partial charge in [-0.25, -0.2) is 4.79 Å². The molecule has 1 atom stereocenters. The molecule has 2 aromatic rings. The number of carbonyl (C=O) groups is 3. The smallest absolute Gasteiger partial charge is 0.335 e. The zero-order valence-electron chi connectivity index (χ0n) is 14.1. The number of carboxylic acid groups (broad SMARTS) is 1. The second kappa shape index (κ2) is 7.26. The molecule has 2 N–H and O–H groups in total. The average Bonchev–Trinajstić information content (AvgIpc) is 2.62. The van der Waals surface area contributed by atoms with Crippen LogP contribution in [0.15, 0.2) is 48.5 Å².